The minimum atomic E-state index is -0.180. The van der Waals surface area contributed by atoms with Crippen LogP contribution in [0.1, 0.15) is 27.4 Å². The Balaban J connectivity index is 1.71. The lowest BCUT2D eigenvalue weighted by Gasteiger charge is -2.09. The fourth-order valence-electron chi connectivity index (χ4n) is 3.68. The summed E-state index contributed by atoms with van der Waals surface area (Å²) < 4.78 is 3.24. The van der Waals surface area contributed by atoms with Crippen LogP contribution < -0.4 is 5.69 Å². The molecular weight excluding hydrogens is 416 g/mol. The van der Waals surface area contributed by atoms with Crippen molar-refractivity contribution in [3.8, 4) is 0 Å². The van der Waals surface area contributed by atoms with E-state index < -0.39 is 0 Å². The Kier molecular flexibility index (Phi) is 4.68. The van der Waals surface area contributed by atoms with E-state index in [2.05, 4.69) is 18.9 Å². The first-order valence-corrected chi connectivity index (χ1v) is 10.9. The molecule has 0 spiro atoms. The maximum atomic E-state index is 13.4. The average Bonchev–Trinajstić information content (AvgIpc) is 3.28. The van der Waals surface area contributed by atoms with Crippen LogP contribution in [0.2, 0.25) is 5.02 Å². The zero-order chi connectivity index (χ0) is 20.8. The summed E-state index contributed by atoms with van der Waals surface area (Å²) in [5.74, 6) is 0.645. The molecule has 5 rings (SSSR count). The van der Waals surface area contributed by atoms with Crippen LogP contribution in [-0.4, -0.2) is 19.2 Å². The summed E-state index contributed by atoms with van der Waals surface area (Å²) in [6, 6.07) is 17.6. The molecule has 2 aromatic carbocycles. The number of halogens is 1. The van der Waals surface area contributed by atoms with Crippen molar-refractivity contribution in [2.24, 2.45) is 0 Å². The van der Waals surface area contributed by atoms with Crippen molar-refractivity contribution >= 4 is 38.8 Å². The number of nitrogens with zero attached hydrogens (tertiary/aromatic N) is 4. The molecule has 0 atom stereocenters. The molecule has 0 aliphatic heterocycles. The molecule has 0 saturated carbocycles. The average molecular weight is 435 g/mol. The van der Waals surface area contributed by atoms with Gasteiger partial charge in [0.15, 0.2) is 11.5 Å². The number of thiophene rings is 1. The van der Waals surface area contributed by atoms with E-state index in [-0.39, 0.29) is 5.69 Å². The highest BCUT2D eigenvalue weighted by atomic mass is 35.5. The lowest BCUT2D eigenvalue weighted by atomic mass is 10.1. The fraction of sp³-hybridized carbons (Fsp3) is 0.174. The second-order valence-electron chi connectivity index (χ2n) is 7.38. The maximum Gasteiger partial charge on any atom is 0.352 e. The van der Waals surface area contributed by atoms with Gasteiger partial charge in [-0.2, -0.15) is 4.52 Å². The predicted molar refractivity (Wildman–Crippen MR) is 122 cm³/mol. The molecule has 0 saturated heterocycles. The molecule has 0 aliphatic carbocycles. The molecule has 3 aromatic heterocycles. The fourth-order valence-corrected chi connectivity index (χ4v) is 4.95. The van der Waals surface area contributed by atoms with Crippen LogP contribution in [-0.2, 0) is 13.0 Å². The molecule has 5 nitrogen and oxygen atoms in total. The molecule has 0 unspecified atom stereocenters. The van der Waals surface area contributed by atoms with E-state index >= 15 is 0 Å². The van der Waals surface area contributed by atoms with E-state index in [1.54, 1.807) is 15.9 Å². The highest BCUT2D eigenvalue weighted by Gasteiger charge is 2.20. The van der Waals surface area contributed by atoms with Crippen molar-refractivity contribution in [3.05, 3.63) is 97.5 Å². The van der Waals surface area contributed by atoms with Gasteiger partial charge in [-0.25, -0.2) is 9.78 Å². The van der Waals surface area contributed by atoms with Crippen molar-refractivity contribution in [1.29, 1.82) is 0 Å². The van der Waals surface area contributed by atoms with E-state index in [0.29, 0.717) is 29.5 Å². The van der Waals surface area contributed by atoms with Crippen LogP contribution in [0.15, 0.2) is 59.4 Å². The summed E-state index contributed by atoms with van der Waals surface area (Å²) in [4.78, 5) is 20.3. The summed E-state index contributed by atoms with van der Waals surface area (Å²) in [5.41, 5.74) is 3.72. The van der Waals surface area contributed by atoms with Gasteiger partial charge in [0.1, 0.15) is 4.83 Å². The van der Waals surface area contributed by atoms with Crippen molar-refractivity contribution in [1.82, 2.24) is 19.2 Å². The number of aryl methyl sites for hydroxylation is 2. The van der Waals surface area contributed by atoms with E-state index in [0.717, 1.165) is 26.9 Å². The summed E-state index contributed by atoms with van der Waals surface area (Å²) >= 11 is 7.65. The van der Waals surface area contributed by atoms with Gasteiger partial charge >= 0.3 is 5.69 Å². The minimum absolute atomic E-state index is 0.180. The molecule has 0 aliphatic rings. The van der Waals surface area contributed by atoms with Crippen LogP contribution in [0.5, 0.6) is 0 Å². The molecule has 3 heterocycles. The van der Waals surface area contributed by atoms with Gasteiger partial charge in [0.25, 0.3) is 0 Å². The van der Waals surface area contributed by atoms with Gasteiger partial charge in [-0.05, 0) is 42.7 Å². The van der Waals surface area contributed by atoms with Crippen molar-refractivity contribution < 1.29 is 0 Å². The second-order valence-corrected chi connectivity index (χ2v) is 9.02. The molecule has 150 valence electrons. The van der Waals surface area contributed by atoms with Crippen molar-refractivity contribution in [3.63, 3.8) is 0 Å². The first-order valence-electron chi connectivity index (χ1n) is 9.68. The van der Waals surface area contributed by atoms with Gasteiger partial charge in [-0.1, -0.05) is 54.1 Å². The van der Waals surface area contributed by atoms with Crippen molar-refractivity contribution in [2.45, 2.75) is 26.8 Å². The molecular formula is C23H19ClN4OS. The van der Waals surface area contributed by atoms with Gasteiger partial charge < -0.3 is 0 Å². The summed E-state index contributed by atoms with van der Waals surface area (Å²) in [7, 11) is 0. The number of benzene rings is 2. The Morgan fingerprint density at radius 1 is 1.00 bits per heavy atom. The molecule has 0 N–H and O–H groups in total. The summed E-state index contributed by atoms with van der Waals surface area (Å²) in [6.45, 7) is 4.61. The summed E-state index contributed by atoms with van der Waals surface area (Å²) in [6.07, 6.45) is 0.586. The second kappa shape index (κ2) is 7.38. The number of rotatable bonds is 4. The molecule has 0 amide bonds. The van der Waals surface area contributed by atoms with E-state index in [4.69, 9.17) is 16.6 Å². The zero-order valence-electron chi connectivity index (χ0n) is 16.6. The number of fused-ring (bicyclic) bond motifs is 3. The SMILES string of the molecule is Cc1sc2c(c1C)c1nc(Cc3ccccc3)nn1c(=O)n2Cc1ccc(Cl)cc1. The van der Waals surface area contributed by atoms with Gasteiger partial charge in [0.05, 0.1) is 11.9 Å². The Morgan fingerprint density at radius 3 is 2.47 bits per heavy atom. The van der Waals surface area contributed by atoms with Crippen LogP contribution >= 0.6 is 22.9 Å². The first-order chi connectivity index (χ1) is 14.5. The van der Waals surface area contributed by atoms with Gasteiger partial charge in [-0.15, -0.1) is 16.4 Å². The monoisotopic (exact) mass is 434 g/mol. The first kappa shape index (κ1) is 19.0. The Morgan fingerprint density at radius 2 is 1.73 bits per heavy atom. The van der Waals surface area contributed by atoms with E-state index in [1.807, 2.05) is 54.6 Å². The number of aromatic nitrogens is 4. The highest BCUT2D eigenvalue weighted by molar-refractivity contribution is 7.19. The molecule has 0 fully saturated rings. The van der Waals surface area contributed by atoms with E-state index in [1.165, 1.54) is 9.39 Å². The third kappa shape index (κ3) is 3.22. The number of hydrogen-bond donors (Lipinski definition) is 0. The smallest absolute Gasteiger partial charge is 0.278 e. The molecule has 0 radical (unpaired) electrons. The quantitative estimate of drug-likeness (QED) is 0.399. The molecule has 30 heavy (non-hydrogen) atoms. The van der Waals surface area contributed by atoms with Gasteiger partial charge in [-0.3, -0.25) is 4.57 Å². The van der Waals surface area contributed by atoms with Crippen molar-refractivity contribution in [2.75, 3.05) is 0 Å². The molecule has 7 heteroatoms. The van der Waals surface area contributed by atoms with E-state index in [9.17, 15) is 4.79 Å². The highest BCUT2D eigenvalue weighted by Crippen LogP contribution is 2.32. The lowest BCUT2D eigenvalue weighted by molar-refractivity contribution is 0.714. The Hall–Kier alpha value is -2.96. The van der Waals surface area contributed by atoms with Crippen LogP contribution in [0.3, 0.4) is 0 Å². The number of hydrogen-bond acceptors (Lipinski definition) is 4. The standard InChI is InChI=1S/C23H19ClN4OS/c1-14-15(2)30-22-20(14)21-25-19(12-16-6-4-3-5-7-16)26-28(21)23(29)27(22)13-17-8-10-18(24)11-9-17/h3-11H,12-13H2,1-2H3. The van der Waals surface area contributed by atoms with Crippen LogP contribution in [0.25, 0.3) is 15.9 Å². The van der Waals surface area contributed by atoms with Crippen LogP contribution in [0.4, 0.5) is 0 Å². The minimum Gasteiger partial charge on any atom is -0.278 e. The molecule has 5 aromatic rings. The third-order valence-electron chi connectivity index (χ3n) is 5.36. The lowest BCUT2D eigenvalue weighted by Crippen LogP contribution is -2.28. The van der Waals surface area contributed by atoms with Crippen LogP contribution in [0, 0.1) is 13.8 Å². The largest absolute Gasteiger partial charge is 0.352 e. The maximum absolute atomic E-state index is 13.4. The predicted octanol–water partition coefficient (Wildman–Crippen LogP) is 5.02. The Labute approximate surface area is 182 Å². The van der Waals surface area contributed by atoms with Gasteiger partial charge in [0, 0.05) is 16.3 Å². The van der Waals surface area contributed by atoms with Gasteiger partial charge in [0.2, 0.25) is 0 Å². The topological polar surface area (TPSA) is 52.2 Å². The molecule has 0 bridgehead atoms. The normalized spacial score (nSPS) is 11.6. The third-order valence-corrected chi connectivity index (χ3v) is 6.84. The zero-order valence-corrected chi connectivity index (χ0v) is 18.2. The Bertz CT molecular complexity index is 1430. The summed E-state index contributed by atoms with van der Waals surface area (Å²) in [5, 5.41) is 6.26.